The summed E-state index contributed by atoms with van der Waals surface area (Å²) in [6, 6.07) is 4.99. The molecule has 0 aliphatic rings. The van der Waals surface area contributed by atoms with E-state index in [-0.39, 0.29) is 5.57 Å². The molecule has 1 heterocycles. The Hall–Kier alpha value is -2.02. The van der Waals surface area contributed by atoms with Crippen molar-refractivity contribution in [2.45, 2.75) is 0 Å². The lowest BCUT2D eigenvalue weighted by molar-refractivity contribution is -0.132. The molecule has 0 aliphatic carbocycles. The molecule has 4 nitrogen and oxygen atoms in total. The van der Waals surface area contributed by atoms with E-state index in [2.05, 4.69) is 4.98 Å². The number of carboxylic acids is 1. The van der Waals surface area contributed by atoms with Crippen molar-refractivity contribution in [2.24, 2.45) is 0 Å². The van der Waals surface area contributed by atoms with Gasteiger partial charge in [0.05, 0.1) is 0 Å². The van der Waals surface area contributed by atoms with Crippen molar-refractivity contribution in [1.82, 2.24) is 4.98 Å². The lowest BCUT2D eigenvalue weighted by Gasteiger charge is -1.87. The van der Waals surface area contributed by atoms with Gasteiger partial charge in [0.25, 0.3) is 0 Å². The Morgan fingerprint density at radius 3 is 2.92 bits per heavy atom. The van der Waals surface area contributed by atoms with Gasteiger partial charge in [0, 0.05) is 11.9 Å². The highest BCUT2D eigenvalue weighted by molar-refractivity contribution is 5.96. The maximum Gasteiger partial charge on any atom is 0.346 e. The smallest absolute Gasteiger partial charge is 0.346 e. The average molecular weight is 162 g/mol. The van der Waals surface area contributed by atoms with Crippen LogP contribution < -0.4 is 0 Å². The predicted octanol–water partition coefficient (Wildman–Crippen LogP) is 1.01. The summed E-state index contributed by atoms with van der Waals surface area (Å²) in [6.45, 7) is 0. The number of nitrogens with zero attached hydrogens (tertiary/aromatic N) is 1. The highest BCUT2D eigenvalue weighted by atomic mass is 16.4. The molecule has 1 rings (SSSR count). The molecule has 0 saturated carbocycles. The number of rotatable bonds is 2. The minimum Gasteiger partial charge on any atom is -0.477 e. The standard InChI is InChI=1S/C8H6N2O2/c9-5-6(8(11)12)4-7-2-1-3-10-7/h1-4,10H,(H,11,12)/b6-4+. The SMILES string of the molecule is N#C/C(=C\c1ccc[nH]1)C(=O)O. The number of aliphatic carboxylic acids is 1. The molecule has 0 aliphatic heterocycles. The number of hydrogen-bond donors (Lipinski definition) is 2. The first-order valence-corrected chi connectivity index (χ1v) is 3.22. The molecule has 0 fully saturated rings. The molecule has 1 aromatic heterocycles. The van der Waals surface area contributed by atoms with Gasteiger partial charge in [-0.05, 0) is 18.2 Å². The van der Waals surface area contributed by atoms with Crippen molar-refractivity contribution < 1.29 is 9.90 Å². The molecule has 0 spiro atoms. The van der Waals surface area contributed by atoms with Crippen LogP contribution in [0.3, 0.4) is 0 Å². The second-order valence-corrected chi connectivity index (χ2v) is 2.10. The van der Waals surface area contributed by atoms with Crippen molar-refractivity contribution in [3.63, 3.8) is 0 Å². The van der Waals surface area contributed by atoms with Crippen LogP contribution >= 0.6 is 0 Å². The van der Waals surface area contributed by atoms with Crippen molar-refractivity contribution in [2.75, 3.05) is 0 Å². The summed E-state index contributed by atoms with van der Waals surface area (Å²) in [5, 5.41) is 16.8. The Bertz CT molecular complexity index is 344. The van der Waals surface area contributed by atoms with Crippen LogP contribution in [-0.2, 0) is 4.79 Å². The molecular formula is C8H6N2O2. The van der Waals surface area contributed by atoms with Crippen LogP contribution in [0.5, 0.6) is 0 Å². The molecular weight excluding hydrogens is 156 g/mol. The van der Waals surface area contributed by atoms with Gasteiger partial charge in [0.15, 0.2) is 0 Å². The highest BCUT2D eigenvalue weighted by Crippen LogP contribution is 2.02. The molecule has 0 radical (unpaired) electrons. The largest absolute Gasteiger partial charge is 0.477 e. The minimum absolute atomic E-state index is 0.280. The number of aromatic amines is 1. The molecule has 0 atom stereocenters. The van der Waals surface area contributed by atoms with Crippen LogP contribution in [-0.4, -0.2) is 16.1 Å². The first kappa shape index (κ1) is 8.08. The number of hydrogen-bond acceptors (Lipinski definition) is 2. The second-order valence-electron chi connectivity index (χ2n) is 2.10. The van der Waals surface area contributed by atoms with E-state index < -0.39 is 5.97 Å². The van der Waals surface area contributed by atoms with E-state index in [1.54, 1.807) is 24.4 Å². The van der Waals surface area contributed by atoms with Gasteiger partial charge in [-0.25, -0.2) is 4.79 Å². The first-order chi connectivity index (χ1) is 5.74. The molecule has 0 unspecified atom stereocenters. The van der Waals surface area contributed by atoms with Gasteiger partial charge in [0.2, 0.25) is 0 Å². The van der Waals surface area contributed by atoms with Crippen LogP contribution in [0.15, 0.2) is 23.9 Å². The van der Waals surface area contributed by atoms with E-state index in [9.17, 15) is 4.79 Å². The van der Waals surface area contributed by atoms with Crippen LogP contribution in [0.1, 0.15) is 5.69 Å². The van der Waals surface area contributed by atoms with Crippen LogP contribution in [0, 0.1) is 11.3 Å². The Balaban J connectivity index is 2.95. The Labute approximate surface area is 68.8 Å². The monoisotopic (exact) mass is 162 g/mol. The number of aromatic nitrogens is 1. The molecule has 0 aromatic carbocycles. The number of carboxylic acid groups (broad SMARTS) is 1. The molecule has 12 heavy (non-hydrogen) atoms. The number of nitrogens with one attached hydrogen (secondary N) is 1. The van der Waals surface area contributed by atoms with Gasteiger partial charge in [-0.2, -0.15) is 5.26 Å². The fourth-order valence-electron chi connectivity index (χ4n) is 0.731. The van der Waals surface area contributed by atoms with Crippen molar-refractivity contribution >= 4 is 12.0 Å². The molecule has 60 valence electrons. The Morgan fingerprint density at radius 1 is 1.75 bits per heavy atom. The molecule has 0 saturated heterocycles. The van der Waals surface area contributed by atoms with E-state index >= 15 is 0 Å². The highest BCUT2D eigenvalue weighted by Gasteiger charge is 2.04. The fourth-order valence-corrected chi connectivity index (χ4v) is 0.731. The van der Waals surface area contributed by atoms with Gasteiger partial charge < -0.3 is 10.1 Å². The third-order valence-electron chi connectivity index (χ3n) is 1.27. The first-order valence-electron chi connectivity index (χ1n) is 3.22. The van der Waals surface area contributed by atoms with Crippen molar-refractivity contribution in [3.05, 3.63) is 29.6 Å². The van der Waals surface area contributed by atoms with Crippen LogP contribution in [0.4, 0.5) is 0 Å². The number of H-pyrrole nitrogens is 1. The van der Waals surface area contributed by atoms with E-state index in [1.807, 2.05) is 0 Å². The van der Waals surface area contributed by atoms with Crippen LogP contribution in [0.2, 0.25) is 0 Å². The third kappa shape index (κ3) is 1.73. The molecule has 0 bridgehead atoms. The molecule has 0 amide bonds. The predicted molar refractivity (Wildman–Crippen MR) is 42.0 cm³/mol. The van der Waals surface area contributed by atoms with E-state index in [4.69, 9.17) is 10.4 Å². The van der Waals surface area contributed by atoms with Crippen molar-refractivity contribution in [1.29, 1.82) is 5.26 Å². The minimum atomic E-state index is -1.22. The van der Waals surface area contributed by atoms with E-state index in [0.29, 0.717) is 5.69 Å². The van der Waals surface area contributed by atoms with Gasteiger partial charge in [-0.1, -0.05) is 0 Å². The molecule has 4 heteroatoms. The zero-order valence-electron chi connectivity index (χ0n) is 6.11. The maximum absolute atomic E-state index is 10.4. The number of nitriles is 1. The lowest BCUT2D eigenvalue weighted by Crippen LogP contribution is -1.97. The number of carbonyl (C=O) groups is 1. The average Bonchev–Trinajstić information content (AvgIpc) is 2.51. The quantitative estimate of drug-likeness (QED) is 0.503. The summed E-state index contributed by atoms with van der Waals surface area (Å²) < 4.78 is 0. The Morgan fingerprint density at radius 2 is 2.50 bits per heavy atom. The third-order valence-corrected chi connectivity index (χ3v) is 1.27. The van der Waals surface area contributed by atoms with E-state index in [0.717, 1.165) is 0 Å². The zero-order chi connectivity index (χ0) is 8.97. The Kier molecular flexibility index (Phi) is 2.29. The van der Waals surface area contributed by atoms with Crippen LogP contribution in [0.25, 0.3) is 6.08 Å². The normalized spacial score (nSPS) is 10.8. The van der Waals surface area contributed by atoms with Gasteiger partial charge in [-0.3, -0.25) is 0 Å². The van der Waals surface area contributed by atoms with Gasteiger partial charge in [-0.15, -0.1) is 0 Å². The van der Waals surface area contributed by atoms with Gasteiger partial charge in [0.1, 0.15) is 11.6 Å². The summed E-state index contributed by atoms with van der Waals surface area (Å²) >= 11 is 0. The summed E-state index contributed by atoms with van der Waals surface area (Å²) in [5.74, 6) is -1.22. The summed E-state index contributed by atoms with van der Waals surface area (Å²) in [6.07, 6.45) is 2.94. The van der Waals surface area contributed by atoms with E-state index in [1.165, 1.54) is 6.08 Å². The fraction of sp³-hybridized carbons (Fsp3) is 0. The summed E-state index contributed by atoms with van der Waals surface area (Å²) in [7, 11) is 0. The molecule has 2 N–H and O–H groups in total. The zero-order valence-corrected chi connectivity index (χ0v) is 6.11. The topological polar surface area (TPSA) is 76.9 Å². The second kappa shape index (κ2) is 3.39. The lowest BCUT2D eigenvalue weighted by atomic mass is 10.2. The van der Waals surface area contributed by atoms with Crippen molar-refractivity contribution in [3.8, 4) is 6.07 Å². The molecule has 1 aromatic rings. The maximum atomic E-state index is 10.4. The van der Waals surface area contributed by atoms with Gasteiger partial charge >= 0.3 is 5.97 Å². The summed E-state index contributed by atoms with van der Waals surface area (Å²) in [4.78, 5) is 13.1. The summed E-state index contributed by atoms with van der Waals surface area (Å²) in [5.41, 5.74) is 0.325.